The lowest BCUT2D eigenvalue weighted by molar-refractivity contribution is -0.123. The highest BCUT2D eigenvalue weighted by atomic mass is 35.5. The molecule has 0 radical (unpaired) electrons. The number of carbonyl (C=O) groups is 3. The molecule has 0 spiro atoms. The fourth-order valence-electron chi connectivity index (χ4n) is 4.15. The molecule has 3 amide bonds. The standard InChI is InChI=1S/C17H10Cl6N2O3/c1-6(26)24-7-2-4-8(5-3-7)25-13(27)9-10(14(25)28)16(21)12(19)11(18)15(9,20)17(16,22)23/h2-5,9-10H,1H3,(H,24,26). The number of nitrogens with zero attached hydrogens (tertiary/aromatic N) is 1. The molecule has 4 atom stereocenters. The summed E-state index contributed by atoms with van der Waals surface area (Å²) in [4.78, 5) is 34.8. The Balaban J connectivity index is 1.78. The molecule has 2 fully saturated rings. The number of anilines is 2. The quantitative estimate of drug-likeness (QED) is 0.475. The van der Waals surface area contributed by atoms with Crippen molar-refractivity contribution in [3.63, 3.8) is 0 Å². The fraction of sp³-hybridized carbons (Fsp3) is 0.353. The van der Waals surface area contributed by atoms with E-state index in [4.69, 9.17) is 69.6 Å². The van der Waals surface area contributed by atoms with Gasteiger partial charge in [-0.05, 0) is 24.3 Å². The minimum absolute atomic E-state index is 0.138. The van der Waals surface area contributed by atoms with E-state index < -0.39 is 37.7 Å². The second-order valence-corrected chi connectivity index (χ2v) is 10.1. The van der Waals surface area contributed by atoms with Crippen LogP contribution < -0.4 is 10.2 Å². The van der Waals surface area contributed by atoms with E-state index in [1.807, 2.05) is 0 Å². The van der Waals surface area contributed by atoms with Gasteiger partial charge in [0, 0.05) is 12.6 Å². The van der Waals surface area contributed by atoms with E-state index in [-0.39, 0.29) is 21.7 Å². The summed E-state index contributed by atoms with van der Waals surface area (Å²) in [5.41, 5.74) is 0.784. The molecule has 0 aromatic heterocycles. The van der Waals surface area contributed by atoms with Gasteiger partial charge in [-0.3, -0.25) is 14.4 Å². The minimum Gasteiger partial charge on any atom is -0.326 e. The number of imide groups is 1. The van der Waals surface area contributed by atoms with Crippen molar-refractivity contribution in [2.45, 2.75) is 21.0 Å². The number of amides is 3. The molecule has 4 unspecified atom stereocenters. The van der Waals surface area contributed by atoms with E-state index in [0.717, 1.165) is 4.90 Å². The molecule has 11 heteroatoms. The molecule has 2 aliphatic carbocycles. The minimum atomic E-state index is -1.96. The SMILES string of the molecule is CC(=O)Nc1ccc(N2C(=O)C3C(C2=O)C2(Cl)C(Cl)=C(Cl)C3(Cl)C2(Cl)Cl)cc1. The van der Waals surface area contributed by atoms with Crippen LogP contribution in [0.15, 0.2) is 34.3 Å². The Kier molecular flexibility index (Phi) is 4.53. The first-order valence-corrected chi connectivity index (χ1v) is 10.2. The van der Waals surface area contributed by atoms with Crippen LogP contribution in [0.3, 0.4) is 0 Å². The zero-order valence-corrected chi connectivity index (χ0v) is 18.4. The van der Waals surface area contributed by atoms with E-state index in [0.29, 0.717) is 5.69 Å². The molecule has 5 nitrogen and oxygen atoms in total. The van der Waals surface area contributed by atoms with Crippen LogP contribution in [0.1, 0.15) is 6.92 Å². The van der Waals surface area contributed by atoms with Gasteiger partial charge in [-0.15, -0.1) is 23.2 Å². The Morgan fingerprint density at radius 2 is 1.36 bits per heavy atom. The molecule has 1 N–H and O–H groups in total. The van der Waals surface area contributed by atoms with Gasteiger partial charge in [0.1, 0.15) is 9.75 Å². The molecule has 1 heterocycles. The van der Waals surface area contributed by atoms with Gasteiger partial charge in [0.25, 0.3) is 0 Å². The van der Waals surface area contributed by atoms with Gasteiger partial charge in [0.2, 0.25) is 17.7 Å². The average molecular weight is 503 g/mol. The molecular formula is C17H10Cl6N2O3. The highest BCUT2D eigenvalue weighted by Gasteiger charge is 2.87. The van der Waals surface area contributed by atoms with Crippen LogP contribution in [0.4, 0.5) is 11.4 Å². The van der Waals surface area contributed by atoms with Crippen molar-refractivity contribution in [3.05, 3.63) is 34.3 Å². The van der Waals surface area contributed by atoms with Gasteiger partial charge in [-0.2, -0.15) is 0 Å². The number of allylic oxidation sites excluding steroid dienone is 2. The highest BCUT2D eigenvalue weighted by Crippen LogP contribution is 2.77. The predicted octanol–water partition coefficient (Wildman–Crippen LogP) is 4.60. The third-order valence-corrected chi connectivity index (χ3v) is 9.61. The Morgan fingerprint density at radius 3 is 1.75 bits per heavy atom. The molecule has 2 bridgehead atoms. The van der Waals surface area contributed by atoms with Gasteiger partial charge >= 0.3 is 0 Å². The Hall–Kier alpha value is -0.690. The predicted molar refractivity (Wildman–Crippen MR) is 111 cm³/mol. The van der Waals surface area contributed by atoms with Crippen LogP contribution in [0.5, 0.6) is 0 Å². The van der Waals surface area contributed by atoms with Gasteiger partial charge in [-0.25, -0.2) is 4.90 Å². The molecule has 4 rings (SSSR count). The Bertz CT molecular complexity index is 932. The topological polar surface area (TPSA) is 66.5 Å². The van der Waals surface area contributed by atoms with Crippen molar-refractivity contribution in [2.24, 2.45) is 11.8 Å². The van der Waals surface area contributed by atoms with Crippen LogP contribution in [-0.4, -0.2) is 31.8 Å². The first kappa shape index (κ1) is 20.6. The summed E-state index contributed by atoms with van der Waals surface area (Å²) in [7, 11) is 0. The second kappa shape index (κ2) is 6.16. The van der Waals surface area contributed by atoms with Crippen molar-refractivity contribution < 1.29 is 14.4 Å². The molecule has 1 aromatic rings. The molecular weight excluding hydrogens is 493 g/mol. The number of halogens is 6. The average Bonchev–Trinajstić information content (AvgIpc) is 3.00. The van der Waals surface area contributed by atoms with Gasteiger partial charge in [0.15, 0.2) is 4.33 Å². The lowest BCUT2D eigenvalue weighted by Crippen LogP contribution is -2.50. The van der Waals surface area contributed by atoms with E-state index >= 15 is 0 Å². The maximum atomic E-state index is 13.2. The normalized spacial score (nSPS) is 35.6. The molecule has 1 aromatic carbocycles. The number of alkyl halides is 4. The maximum absolute atomic E-state index is 13.2. The van der Waals surface area contributed by atoms with Crippen LogP contribution in [0.25, 0.3) is 0 Å². The lowest BCUT2D eigenvalue weighted by Gasteiger charge is -2.34. The molecule has 1 saturated carbocycles. The van der Waals surface area contributed by atoms with E-state index in [9.17, 15) is 14.4 Å². The van der Waals surface area contributed by atoms with Crippen molar-refractivity contribution in [1.82, 2.24) is 0 Å². The van der Waals surface area contributed by atoms with Gasteiger partial charge in [0.05, 0.1) is 27.6 Å². The van der Waals surface area contributed by atoms with Crippen LogP contribution in [0.2, 0.25) is 0 Å². The van der Waals surface area contributed by atoms with Crippen molar-refractivity contribution in [3.8, 4) is 0 Å². The van der Waals surface area contributed by atoms with Gasteiger partial charge < -0.3 is 5.32 Å². The summed E-state index contributed by atoms with van der Waals surface area (Å²) < 4.78 is -1.96. The maximum Gasteiger partial charge on any atom is 0.240 e. The first-order chi connectivity index (χ1) is 12.9. The number of carbonyl (C=O) groups excluding carboxylic acids is 3. The summed E-state index contributed by atoms with van der Waals surface area (Å²) in [6.07, 6.45) is 0. The number of hydrogen-bond acceptors (Lipinski definition) is 3. The van der Waals surface area contributed by atoms with Gasteiger partial charge in [-0.1, -0.05) is 46.4 Å². The van der Waals surface area contributed by atoms with Crippen molar-refractivity contribution in [2.75, 3.05) is 10.2 Å². The van der Waals surface area contributed by atoms with Crippen molar-refractivity contribution >= 4 is 98.7 Å². The lowest BCUT2D eigenvalue weighted by atomic mass is 9.84. The van der Waals surface area contributed by atoms with Crippen LogP contribution >= 0.6 is 69.6 Å². The van der Waals surface area contributed by atoms with Crippen molar-refractivity contribution in [1.29, 1.82) is 0 Å². The number of benzene rings is 1. The van der Waals surface area contributed by atoms with Crippen LogP contribution in [0, 0.1) is 11.8 Å². The third kappa shape index (κ3) is 2.16. The zero-order valence-electron chi connectivity index (χ0n) is 13.9. The number of hydrogen-bond donors (Lipinski definition) is 1. The zero-order chi connectivity index (χ0) is 20.8. The number of rotatable bonds is 2. The Morgan fingerprint density at radius 1 is 0.929 bits per heavy atom. The largest absolute Gasteiger partial charge is 0.326 e. The summed E-state index contributed by atoms with van der Waals surface area (Å²) in [5.74, 6) is -3.88. The third-order valence-electron chi connectivity index (χ3n) is 5.35. The second-order valence-electron chi connectivity index (χ2n) is 6.82. The highest BCUT2D eigenvalue weighted by molar-refractivity contribution is 6.67. The summed E-state index contributed by atoms with van der Waals surface area (Å²) in [5, 5.41) is 2.32. The Labute approximate surface area is 189 Å². The molecule has 28 heavy (non-hydrogen) atoms. The van der Waals surface area contributed by atoms with E-state index in [2.05, 4.69) is 5.32 Å². The van der Waals surface area contributed by atoms with E-state index in [1.54, 1.807) is 12.1 Å². The first-order valence-electron chi connectivity index (χ1n) is 7.98. The van der Waals surface area contributed by atoms with Crippen LogP contribution in [-0.2, 0) is 14.4 Å². The van der Waals surface area contributed by atoms with E-state index in [1.165, 1.54) is 19.1 Å². The molecule has 148 valence electrons. The summed E-state index contributed by atoms with van der Waals surface area (Å²) in [6.45, 7) is 1.36. The summed E-state index contributed by atoms with van der Waals surface area (Å²) in [6, 6.07) is 6.13. The molecule has 1 saturated heterocycles. The number of fused-ring (bicyclic) bond motifs is 5. The summed E-state index contributed by atoms with van der Waals surface area (Å²) >= 11 is 38.7. The molecule has 1 aliphatic heterocycles. The number of nitrogens with one attached hydrogen (secondary N) is 1. The molecule has 3 aliphatic rings. The monoisotopic (exact) mass is 500 g/mol. The fourth-order valence-corrected chi connectivity index (χ4v) is 7.08. The smallest absolute Gasteiger partial charge is 0.240 e.